The number of aryl methyl sites for hydroxylation is 1. The number of anilines is 1. The van der Waals surface area contributed by atoms with Crippen molar-refractivity contribution in [2.75, 3.05) is 5.32 Å². The molecule has 0 amide bonds. The largest absolute Gasteiger partial charge is 0.353 e. The van der Waals surface area contributed by atoms with Crippen LogP contribution >= 0.6 is 0 Å². The van der Waals surface area contributed by atoms with Crippen molar-refractivity contribution in [1.82, 2.24) is 9.55 Å². The molecule has 1 saturated carbocycles. The Bertz CT molecular complexity index is 632. The zero-order chi connectivity index (χ0) is 13.6. The van der Waals surface area contributed by atoms with E-state index in [2.05, 4.69) is 10.3 Å². The molecule has 3 rings (SSSR count). The van der Waals surface area contributed by atoms with E-state index in [1.807, 2.05) is 0 Å². The number of benzene rings is 1. The molecule has 2 aromatic rings. The lowest BCUT2D eigenvalue weighted by Gasteiger charge is -2.10. The van der Waals surface area contributed by atoms with E-state index in [-0.39, 0.29) is 5.69 Å². The maximum Gasteiger partial charge on any atom is 0.208 e. The zero-order valence-corrected chi connectivity index (χ0v) is 10.3. The predicted octanol–water partition coefficient (Wildman–Crippen LogP) is 3.17. The van der Waals surface area contributed by atoms with Crippen molar-refractivity contribution in [3.05, 3.63) is 41.5 Å². The Kier molecular flexibility index (Phi) is 2.73. The molecule has 1 aromatic heterocycles. The first-order valence-corrected chi connectivity index (χ1v) is 6.02. The lowest BCUT2D eigenvalue weighted by Crippen LogP contribution is -2.09. The summed E-state index contributed by atoms with van der Waals surface area (Å²) < 4.78 is 41.4. The van der Waals surface area contributed by atoms with Gasteiger partial charge in [0.25, 0.3) is 0 Å². The SMILES string of the molecule is Cc1cn(-c2ccc(F)c(F)c2F)c(NC2CC2)n1. The predicted molar refractivity (Wildman–Crippen MR) is 64.8 cm³/mol. The van der Waals surface area contributed by atoms with Crippen molar-refractivity contribution in [3.63, 3.8) is 0 Å². The van der Waals surface area contributed by atoms with Gasteiger partial charge in [-0.1, -0.05) is 0 Å². The van der Waals surface area contributed by atoms with E-state index in [1.165, 1.54) is 10.6 Å². The van der Waals surface area contributed by atoms with Gasteiger partial charge < -0.3 is 5.32 Å². The smallest absolute Gasteiger partial charge is 0.208 e. The summed E-state index contributed by atoms with van der Waals surface area (Å²) in [7, 11) is 0. The van der Waals surface area contributed by atoms with Crippen LogP contribution in [0.4, 0.5) is 19.1 Å². The van der Waals surface area contributed by atoms with Crippen LogP contribution in [0.2, 0.25) is 0 Å². The lowest BCUT2D eigenvalue weighted by atomic mass is 10.2. The molecule has 0 saturated heterocycles. The van der Waals surface area contributed by atoms with E-state index in [0.717, 1.165) is 18.9 Å². The Labute approximate surface area is 108 Å². The van der Waals surface area contributed by atoms with Crippen molar-refractivity contribution in [2.45, 2.75) is 25.8 Å². The summed E-state index contributed by atoms with van der Waals surface area (Å²) >= 11 is 0. The molecular weight excluding hydrogens is 255 g/mol. The standard InChI is InChI=1S/C13H12F3N3/c1-7-6-19(13(17-7)18-8-2-3-8)10-5-4-9(14)11(15)12(10)16/h4-6,8H,2-3H2,1H3,(H,17,18). The minimum atomic E-state index is -1.47. The fourth-order valence-corrected chi connectivity index (χ4v) is 1.90. The van der Waals surface area contributed by atoms with Gasteiger partial charge in [0.2, 0.25) is 5.95 Å². The van der Waals surface area contributed by atoms with Gasteiger partial charge in [0, 0.05) is 12.2 Å². The third-order valence-corrected chi connectivity index (χ3v) is 3.01. The monoisotopic (exact) mass is 267 g/mol. The van der Waals surface area contributed by atoms with E-state index >= 15 is 0 Å². The van der Waals surface area contributed by atoms with Crippen LogP contribution in [0.1, 0.15) is 18.5 Å². The molecule has 1 fully saturated rings. The molecule has 1 aliphatic rings. The summed E-state index contributed by atoms with van der Waals surface area (Å²) in [6.07, 6.45) is 3.65. The van der Waals surface area contributed by atoms with Gasteiger partial charge >= 0.3 is 0 Å². The Morgan fingerprint density at radius 1 is 1.21 bits per heavy atom. The Morgan fingerprint density at radius 2 is 1.95 bits per heavy atom. The molecule has 19 heavy (non-hydrogen) atoms. The van der Waals surface area contributed by atoms with Crippen LogP contribution in [-0.4, -0.2) is 15.6 Å². The summed E-state index contributed by atoms with van der Waals surface area (Å²) in [5.41, 5.74) is 0.620. The lowest BCUT2D eigenvalue weighted by molar-refractivity contribution is 0.445. The van der Waals surface area contributed by atoms with Gasteiger partial charge in [-0.05, 0) is 31.9 Å². The van der Waals surface area contributed by atoms with Gasteiger partial charge in [-0.15, -0.1) is 0 Å². The number of nitrogens with one attached hydrogen (secondary N) is 1. The maximum atomic E-state index is 13.8. The molecule has 3 nitrogen and oxygen atoms in total. The molecular formula is C13H12F3N3. The molecule has 1 aromatic carbocycles. The Morgan fingerprint density at radius 3 is 2.63 bits per heavy atom. The van der Waals surface area contributed by atoms with Crippen molar-refractivity contribution in [3.8, 4) is 5.69 Å². The number of imidazole rings is 1. The van der Waals surface area contributed by atoms with Crippen LogP contribution in [0.5, 0.6) is 0 Å². The summed E-state index contributed by atoms with van der Waals surface area (Å²) in [6, 6.07) is 2.44. The molecule has 0 aliphatic heterocycles. The van der Waals surface area contributed by atoms with Gasteiger partial charge in [0.1, 0.15) is 0 Å². The number of hydrogen-bond donors (Lipinski definition) is 1. The van der Waals surface area contributed by atoms with Gasteiger partial charge in [-0.25, -0.2) is 18.2 Å². The molecule has 0 unspecified atom stereocenters. The summed E-state index contributed by atoms with van der Waals surface area (Å²) in [5, 5.41) is 3.13. The van der Waals surface area contributed by atoms with Crippen LogP contribution in [0.25, 0.3) is 5.69 Å². The second kappa shape index (κ2) is 4.29. The summed E-state index contributed by atoms with van der Waals surface area (Å²) in [5.74, 6) is -3.43. The van der Waals surface area contributed by atoms with Crippen molar-refractivity contribution in [1.29, 1.82) is 0 Å². The molecule has 1 heterocycles. The second-order valence-corrected chi connectivity index (χ2v) is 4.69. The summed E-state index contributed by atoms with van der Waals surface area (Å²) in [6.45, 7) is 1.76. The fourth-order valence-electron chi connectivity index (χ4n) is 1.90. The highest BCUT2D eigenvalue weighted by Gasteiger charge is 2.24. The Hall–Kier alpha value is -1.98. The first-order chi connectivity index (χ1) is 9.06. The van der Waals surface area contributed by atoms with E-state index in [0.29, 0.717) is 17.7 Å². The van der Waals surface area contributed by atoms with Crippen molar-refractivity contribution in [2.24, 2.45) is 0 Å². The average molecular weight is 267 g/mol. The van der Waals surface area contributed by atoms with Crippen LogP contribution < -0.4 is 5.32 Å². The number of halogens is 3. The van der Waals surface area contributed by atoms with E-state index < -0.39 is 17.5 Å². The third kappa shape index (κ3) is 2.18. The number of hydrogen-bond acceptors (Lipinski definition) is 2. The van der Waals surface area contributed by atoms with E-state index in [9.17, 15) is 13.2 Å². The molecule has 6 heteroatoms. The van der Waals surface area contributed by atoms with E-state index in [1.54, 1.807) is 13.1 Å². The van der Waals surface area contributed by atoms with Crippen LogP contribution in [0.3, 0.4) is 0 Å². The van der Waals surface area contributed by atoms with Gasteiger partial charge in [-0.2, -0.15) is 0 Å². The fraction of sp³-hybridized carbons (Fsp3) is 0.308. The highest BCUT2D eigenvalue weighted by atomic mass is 19.2. The first-order valence-electron chi connectivity index (χ1n) is 6.02. The molecule has 0 spiro atoms. The normalized spacial score (nSPS) is 14.7. The van der Waals surface area contributed by atoms with Crippen molar-refractivity contribution < 1.29 is 13.2 Å². The Balaban J connectivity index is 2.08. The van der Waals surface area contributed by atoms with Crippen molar-refractivity contribution >= 4 is 5.95 Å². The van der Waals surface area contributed by atoms with Crippen LogP contribution in [0.15, 0.2) is 18.3 Å². The highest BCUT2D eigenvalue weighted by Crippen LogP contribution is 2.27. The van der Waals surface area contributed by atoms with Gasteiger partial charge in [-0.3, -0.25) is 4.57 Å². The third-order valence-electron chi connectivity index (χ3n) is 3.01. The summed E-state index contributed by atoms with van der Waals surface area (Å²) in [4.78, 5) is 4.23. The molecule has 100 valence electrons. The van der Waals surface area contributed by atoms with Gasteiger partial charge in [0.15, 0.2) is 17.5 Å². The molecule has 1 N–H and O–H groups in total. The highest BCUT2D eigenvalue weighted by molar-refractivity contribution is 5.45. The quantitative estimate of drug-likeness (QED) is 0.866. The zero-order valence-electron chi connectivity index (χ0n) is 10.3. The topological polar surface area (TPSA) is 29.9 Å². The van der Waals surface area contributed by atoms with Crippen LogP contribution in [0, 0.1) is 24.4 Å². The molecule has 0 radical (unpaired) electrons. The minimum Gasteiger partial charge on any atom is -0.353 e. The second-order valence-electron chi connectivity index (χ2n) is 4.69. The first kappa shape index (κ1) is 12.1. The number of aromatic nitrogens is 2. The molecule has 0 bridgehead atoms. The minimum absolute atomic E-state index is 0.0531. The van der Waals surface area contributed by atoms with E-state index in [4.69, 9.17) is 0 Å². The van der Waals surface area contributed by atoms with Crippen LogP contribution in [-0.2, 0) is 0 Å². The number of nitrogens with zero attached hydrogens (tertiary/aromatic N) is 2. The molecule has 0 atom stereocenters. The van der Waals surface area contributed by atoms with Gasteiger partial charge in [0.05, 0.1) is 11.4 Å². The maximum absolute atomic E-state index is 13.8. The average Bonchev–Trinajstić information content (AvgIpc) is 3.10. The number of rotatable bonds is 3. The molecule has 1 aliphatic carbocycles.